The summed E-state index contributed by atoms with van der Waals surface area (Å²) in [5.41, 5.74) is 4.13. The number of ether oxygens (including phenoxy) is 1. The van der Waals surface area contributed by atoms with Crippen molar-refractivity contribution in [1.82, 2.24) is 10.6 Å². The molecule has 0 aromatic rings. The number of hydrogen-bond donors (Lipinski definition) is 3. The average Bonchev–Trinajstić information content (AvgIpc) is 2.23. The zero-order valence-electron chi connectivity index (χ0n) is 9.29. The van der Waals surface area contributed by atoms with Gasteiger partial charge in [0, 0.05) is 6.20 Å². The third-order valence-electron chi connectivity index (χ3n) is 2.20. The first-order valence-electron chi connectivity index (χ1n) is 5.31. The molecular formula is C10H17N3O3. The molecule has 0 spiro atoms. The van der Waals surface area contributed by atoms with Gasteiger partial charge in [0.25, 0.3) is 0 Å². The molecule has 4 N–H and O–H groups in total. The summed E-state index contributed by atoms with van der Waals surface area (Å²) in [5.74, 6) is -0.644. The van der Waals surface area contributed by atoms with Gasteiger partial charge in [-0.2, -0.15) is 0 Å². The van der Waals surface area contributed by atoms with E-state index in [0.717, 1.165) is 19.3 Å². The van der Waals surface area contributed by atoms with E-state index >= 15 is 0 Å². The topological polar surface area (TPSA) is 93.4 Å². The van der Waals surface area contributed by atoms with Crippen molar-refractivity contribution in [2.45, 2.75) is 31.8 Å². The summed E-state index contributed by atoms with van der Waals surface area (Å²) < 4.78 is 4.98. The molecule has 1 rings (SSSR count). The smallest absolute Gasteiger partial charge is 0.351 e. The molecule has 90 valence electrons. The van der Waals surface area contributed by atoms with E-state index in [1.165, 1.54) is 12.3 Å². The van der Waals surface area contributed by atoms with Gasteiger partial charge in [-0.05, 0) is 12.5 Å². The van der Waals surface area contributed by atoms with Crippen LogP contribution in [0.1, 0.15) is 26.2 Å². The van der Waals surface area contributed by atoms with Gasteiger partial charge >= 0.3 is 12.0 Å². The highest BCUT2D eigenvalue weighted by Gasteiger charge is 2.36. The minimum absolute atomic E-state index is 0.322. The maximum atomic E-state index is 11.6. The highest BCUT2D eigenvalue weighted by molar-refractivity contribution is 5.90. The van der Waals surface area contributed by atoms with Crippen molar-refractivity contribution in [3.8, 4) is 0 Å². The van der Waals surface area contributed by atoms with Crippen LogP contribution in [0.15, 0.2) is 12.3 Å². The van der Waals surface area contributed by atoms with Crippen LogP contribution in [-0.4, -0.2) is 24.3 Å². The Labute approximate surface area is 94.2 Å². The second-order valence-corrected chi connectivity index (χ2v) is 3.64. The fourth-order valence-electron chi connectivity index (χ4n) is 1.27. The highest BCUT2D eigenvalue weighted by Crippen LogP contribution is 2.06. The maximum absolute atomic E-state index is 11.6. The minimum atomic E-state index is -1.55. The monoisotopic (exact) mass is 227 g/mol. The van der Waals surface area contributed by atoms with E-state index in [-0.39, 0.29) is 0 Å². The molecule has 0 bridgehead atoms. The molecule has 0 saturated carbocycles. The van der Waals surface area contributed by atoms with Crippen LogP contribution in [0.25, 0.3) is 0 Å². The van der Waals surface area contributed by atoms with E-state index in [9.17, 15) is 9.59 Å². The van der Waals surface area contributed by atoms with Crippen molar-refractivity contribution in [3.05, 3.63) is 12.3 Å². The Morgan fingerprint density at radius 3 is 2.94 bits per heavy atom. The van der Waals surface area contributed by atoms with Crippen LogP contribution in [0.3, 0.4) is 0 Å². The lowest BCUT2D eigenvalue weighted by atomic mass is 10.1. The first-order valence-corrected chi connectivity index (χ1v) is 5.31. The van der Waals surface area contributed by atoms with E-state index < -0.39 is 17.7 Å². The minimum Gasteiger partial charge on any atom is -0.463 e. The number of nitrogens with one attached hydrogen (secondary N) is 2. The summed E-state index contributed by atoms with van der Waals surface area (Å²) in [6.45, 7) is 2.38. The van der Waals surface area contributed by atoms with Gasteiger partial charge in [0.2, 0.25) is 5.66 Å². The quantitative estimate of drug-likeness (QED) is 0.462. The number of esters is 1. The fourth-order valence-corrected chi connectivity index (χ4v) is 1.27. The van der Waals surface area contributed by atoms with Crippen molar-refractivity contribution in [1.29, 1.82) is 0 Å². The first-order chi connectivity index (χ1) is 7.58. The molecule has 0 saturated heterocycles. The first kappa shape index (κ1) is 12.5. The molecule has 2 amide bonds. The van der Waals surface area contributed by atoms with Gasteiger partial charge in [-0.25, -0.2) is 9.59 Å². The number of rotatable bonds is 5. The number of urea groups is 1. The molecule has 0 fully saturated rings. The number of unbranched alkanes of at least 4 members (excludes halogenated alkanes) is 2. The number of hydrogen-bond acceptors (Lipinski definition) is 4. The SMILES string of the molecule is CCCCCOC(=O)C1(N)C=CNC(=O)N1. The van der Waals surface area contributed by atoms with Crippen LogP contribution in [0.2, 0.25) is 0 Å². The van der Waals surface area contributed by atoms with Gasteiger partial charge in [0.05, 0.1) is 6.61 Å². The van der Waals surface area contributed by atoms with Gasteiger partial charge in [0.1, 0.15) is 0 Å². The van der Waals surface area contributed by atoms with Gasteiger partial charge in [-0.3, -0.25) is 5.73 Å². The maximum Gasteiger partial charge on any atom is 0.351 e. The molecule has 1 aliphatic heterocycles. The summed E-state index contributed by atoms with van der Waals surface area (Å²) in [4.78, 5) is 22.6. The van der Waals surface area contributed by atoms with Crippen LogP contribution >= 0.6 is 0 Å². The Balaban J connectivity index is 2.43. The summed E-state index contributed by atoms with van der Waals surface area (Å²) in [6, 6.07) is -0.518. The lowest BCUT2D eigenvalue weighted by molar-refractivity contribution is -0.149. The van der Waals surface area contributed by atoms with E-state index in [0.29, 0.717) is 6.61 Å². The number of carbonyl (C=O) groups excluding carboxylic acids is 2. The van der Waals surface area contributed by atoms with Crippen LogP contribution in [-0.2, 0) is 9.53 Å². The number of amides is 2. The largest absolute Gasteiger partial charge is 0.463 e. The number of nitrogens with two attached hydrogens (primary N) is 1. The zero-order valence-corrected chi connectivity index (χ0v) is 9.29. The third-order valence-corrected chi connectivity index (χ3v) is 2.20. The summed E-state index contributed by atoms with van der Waals surface area (Å²) >= 11 is 0. The highest BCUT2D eigenvalue weighted by atomic mass is 16.5. The van der Waals surface area contributed by atoms with Crippen molar-refractivity contribution in [3.63, 3.8) is 0 Å². The molecule has 0 aromatic carbocycles. The Morgan fingerprint density at radius 1 is 1.56 bits per heavy atom. The third kappa shape index (κ3) is 3.23. The van der Waals surface area contributed by atoms with Crippen LogP contribution in [0, 0.1) is 0 Å². The fraction of sp³-hybridized carbons (Fsp3) is 0.600. The van der Waals surface area contributed by atoms with Crippen LogP contribution in [0.5, 0.6) is 0 Å². The van der Waals surface area contributed by atoms with Crippen molar-refractivity contribution < 1.29 is 14.3 Å². The lowest BCUT2D eigenvalue weighted by Crippen LogP contribution is -2.64. The zero-order chi connectivity index (χ0) is 12.0. The molecule has 16 heavy (non-hydrogen) atoms. The van der Waals surface area contributed by atoms with Gasteiger partial charge in [-0.1, -0.05) is 19.8 Å². The van der Waals surface area contributed by atoms with Crippen molar-refractivity contribution >= 4 is 12.0 Å². The van der Waals surface area contributed by atoms with Gasteiger partial charge in [-0.15, -0.1) is 0 Å². The normalized spacial score (nSPS) is 23.5. The Kier molecular flexibility index (Phi) is 4.30. The molecular weight excluding hydrogens is 210 g/mol. The van der Waals surface area contributed by atoms with Gasteiger partial charge < -0.3 is 15.4 Å². The molecule has 1 unspecified atom stereocenters. The molecule has 0 radical (unpaired) electrons. The standard InChI is InChI=1S/C10H17N3O3/c1-2-3-4-7-16-8(14)10(11)5-6-12-9(15)13-10/h5-6H,2-4,7,11H2,1H3,(H2,12,13,15). The predicted molar refractivity (Wildman–Crippen MR) is 58.2 cm³/mol. The second kappa shape index (κ2) is 5.50. The molecule has 6 nitrogen and oxygen atoms in total. The second-order valence-electron chi connectivity index (χ2n) is 3.64. The Hall–Kier alpha value is -1.56. The molecule has 0 aromatic heterocycles. The van der Waals surface area contributed by atoms with E-state index in [1.54, 1.807) is 0 Å². The average molecular weight is 227 g/mol. The predicted octanol–water partition coefficient (Wildman–Crippen LogP) is 0.201. The van der Waals surface area contributed by atoms with E-state index in [4.69, 9.17) is 10.5 Å². The summed E-state index contributed by atoms with van der Waals surface area (Å²) in [6.07, 6.45) is 5.53. The van der Waals surface area contributed by atoms with E-state index in [2.05, 4.69) is 17.6 Å². The molecule has 1 atom stereocenters. The van der Waals surface area contributed by atoms with Crippen LogP contribution in [0.4, 0.5) is 4.79 Å². The summed E-state index contributed by atoms with van der Waals surface area (Å²) in [7, 11) is 0. The molecule has 0 aliphatic carbocycles. The Morgan fingerprint density at radius 2 is 2.31 bits per heavy atom. The van der Waals surface area contributed by atoms with E-state index in [1.807, 2.05) is 0 Å². The molecule has 1 heterocycles. The molecule has 6 heteroatoms. The van der Waals surface area contributed by atoms with Gasteiger partial charge in [0.15, 0.2) is 0 Å². The molecule has 1 aliphatic rings. The summed E-state index contributed by atoms with van der Waals surface area (Å²) in [5, 5.41) is 4.65. The van der Waals surface area contributed by atoms with Crippen molar-refractivity contribution in [2.75, 3.05) is 6.61 Å². The van der Waals surface area contributed by atoms with Crippen LogP contribution < -0.4 is 16.4 Å². The lowest BCUT2D eigenvalue weighted by Gasteiger charge is -2.27. The number of carbonyl (C=O) groups is 2. The van der Waals surface area contributed by atoms with Crippen molar-refractivity contribution in [2.24, 2.45) is 5.73 Å². The Bertz CT molecular complexity index is 304.